The number of nitrogens with zero attached hydrogens (tertiary/aromatic N) is 1. The highest BCUT2D eigenvalue weighted by molar-refractivity contribution is 7.82. The first kappa shape index (κ1) is 6.68. The summed E-state index contributed by atoms with van der Waals surface area (Å²) in [6, 6.07) is 0. The third-order valence-electron chi connectivity index (χ3n) is 1.55. The molecule has 0 aliphatic heterocycles. The molecule has 0 aromatic carbocycles. The van der Waals surface area contributed by atoms with Gasteiger partial charge in [0.15, 0.2) is 0 Å². The van der Waals surface area contributed by atoms with Crippen LogP contribution in [0.4, 0.5) is 0 Å². The molecule has 0 bridgehead atoms. The molecule has 0 unspecified atom stereocenters. The lowest BCUT2D eigenvalue weighted by atomic mass is 9.98. The Labute approximate surface area is 60.1 Å². The van der Waals surface area contributed by atoms with Gasteiger partial charge >= 0.3 is 0 Å². The van der Waals surface area contributed by atoms with Gasteiger partial charge in [0, 0.05) is 4.86 Å². The second-order valence-corrected chi connectivity index (χ2v) is 2.70. The van der Waals surface area contributed by atoms with Crippen molar-refractivity contribution in [2.75, 3.05) is 0 Å². The summed E-state index contributed by atoms with van der Waals surface area (Å²) < 4.78 is 0. The van der Waals surface area contributed by atoms with Crippen LogP contribution < -0.4 is 5.84 Å². The van der Waals surface area contributed by atoms with E-state index in [4.69, 9.17) is 18.1 Å². The fourth-order valence-corrected chi connectivity index (χ4v) is 1.30. The zero-order chi connectivity index (χ0) is 6.69. The van der Waals surface area contributed by atoms with Crippen LogP contribution in [0.25, 0.3) is 0 Å². The van der Waals surface area contributed by atoms with Gasteiger partial charge in [-0.2, -0.15) is 5.10 Å². The number of rotatable bonds is 0. The number of thiocarbonyl (C=S) groups is 1. The predicted molar refractivity (Wildman–Crippen MR) is 42.7 cm³/mol. The normalized spacial score (nSPS) is 24.9. The van der Waals surface area contributed by atoms with E-state index in [2.05, 4.69) is 5.10 Å². The summed E-state index contributed by atoms with van der Waals surface area (Å²) >= 11 is 5.02. The van der Waals surface area contributed by atoms with Crippen molar-refractivity contribution in [3.63, 3.8) is 0 Å². The highest BCUT2D eigenvalue weighted by Crippen LogP contribution is 2.12. The van der Waals surface area contributed by atoms with Crippen LogP contribution >= 0.6 is 12.2 Å². The maximum atomic E-state index is 5.09. The van der Waals surface area contributed by atoms with E-state index in [1.54, 1.807) is 0 Å². The van der Waals surface area contributed by atoms with E-state index in [-0.39, 0.29) is 0 Å². The maximum absolute atomic E-state index is 5.09. The van der Waals surface area contributed by atoms with Gasteiger partial charge in [0.2, 0.25) is 0 Å². The minimum Gasteiger partial charge on any atom is -0.323 e. The quantitative estimate of drug-likeness (QED) is 0.314. The molecule has 1 fully saturated rings. The molecule has 0 atom stereocenters. The third-order valence-corrected chi connectivity index (χ3v) is 1.98. The van der Waals surface area contributed by atoms with Gasteiger partial charge in [-0.15, -0.1) is 0 Å². The van der Waals surface area contributed by atoms with Crippen molar-refractivity contribution in [3.05, 3.63) is 0 Å². The third kappa shape index (κ3) is 1.48. The Kier molecular flexibility index (Phi) is 2.16. The van der Waals surface area contributed by atoms with Crippen molar-refractivity contribution in [1.82, 2.24) is 0 Å². The lowest BCUT2D eigenvalue weighted by molar-refractivity contribution is 0.780. The van der Waals surface area contributed by atoms with E-state index in [9.17, 15) is 0 Å². The molecule has 0 spiro atoms. The molecule has 0 saturated heterocycles. The van der Waals surface area contributed by atoms with Gasteiger partial charge < -0.3 is 5.84 Å². The van der Waals surface area contributed by atoms with E-state index < -0.39 is 0 Å². The molecular weight excluding hydrogens is 132 g/mol. The summed E-state index contributed by atoms with van der Waals surface area (Å²) in [6.45, 7) is 0. The second-order valence-electron chi connectivity index (χ2n) is 2.21. The number of hydrogen-bond donors (Lipinski definition) is 1. The van der Waals surface area contributed by atoms with Gasteiger partial charge in [0.1, 0.15) is 0 Å². The standard InChI is InChI=1S/C6H10N2S/c7-8-5-3-1-2-4-6(5)9/h1-4,7H2/b8-5+. The average molecular weight is 142 g/mol. The van der Waals surface area contributed by atoms with E-state index >= 15 is 0 Å². The molecular formula is C6H10N2S. The lowest BCUT2D eigenvalue weighted by Gasteiger charge is -2.11. The fourth-order valence-electron chi connectivity index (χ4n) is 0.998. The molecule has 0 radical (unpaired) electrons. The minimum absolute atomic E-state index is 0.941. The first-order chi connectivity index (χ1) is 4.34. The maximum Gasteiger partial charge on any atom is 0.0739 e. The SMILES string of the molecule is N/N=C1\CCCCC1=S. The Morgan fingerprint density at radius 1 is 1.33 bits per heavy atom. The second kappa shape index (κ2) is 2.92. The topological polar surface area (TPSA) is 38.4 Å². The van der Waals surface area contributed by atoms with Crippen LogP contribution in [-0.2, 0) is 0 Å². The van der Waals surface area contributed by atoms with Crippen LogP contribution in [0.5, 0.6) is 0 Å². The van der Waals surface area contributed by atoms with Crippen LogP contribution in [0, 0.1) is 0 Å². The Morgan fingerprint density at radius 3 is 2.44 bits per heavy atom. The van der Waals surface area contributed by atoms with E-state index in [1.807, 2.05) is 0 Å². The molecule has 50 valence electrons. The van der Waals surface area contributed by atoms with Gasteiger partial charge in [-0.3, -0.25) is 0 Å². The number of hydrazone groups is 1. The number of nitrogens with two attached hydrogens (primary N) is 1. The van der Waals surface area contributed by atoms with Crippen LogP contribution in [0.1, 0.15) is 25.7 Å². The highest BCUT2D eigenvalue weighted by atomic mass is 32.1. The number of hydrogen-bond acceptors (Lipinski definition) is 3. The molecule has 0 aromatic rings. The molecule has 2 N–H and O–H groups in total. The van der Waals surface area contributed by atoms with E-state index in [0.717, 1.165) is 23.4 Å². The van der Waals surface area contributed by atoms with Gasteiger partial charge in [0.25, 0.3) is 0 Å². The van der Waals surface area contributed by atoms with Crippen molar-refractivity contribution in [1.29, 1.82) is 0 Å². The summed E-state index contributed by atoms with van der Waals surface area (Å²) in [5, 5.41) is 3.60. The zero-order valence-electron chi connectivity index (χ0n) is 5.26. The van der Waals surface area contributed by atoms with Crippen molar-refractivity contribution >= 4 is 22.8 Å². The fraction of sp³-hybridized carbons (Fsp3) is 0.667. The molecule has 0 amide bonds. The predicted octanol–water partition coefficient (Wildman–Crippen LogP) is 1.25. The molecule has 0 aromatic heterocycles. The molecule has 1 aliphatic rings. The molecule has 1 rings (SSSR count). The van der Waals surface area contributed by atoms with Crippen molar-refractivity contribution in [2.24, 2.45) is 10.9 Å². The van der Waals surface area contributed by atoms with Gasteiger partial charge in [-0.1, -0.05) is 12.2 Å². The van der Waals surface area contributed by atoms with Gasteiger partial charge in [0.05, 0.1) is 5.71 Å². The molecule has 2 nitrogen and oxygen atoms in total. The smallest absolute Gasteiger partial charge is 0.0739 e. The van der Waals surface area contributed by atoms with Crippen molar-refractivity contribution in [2.45, 2.75) is 25.7 Å². The first-order valence-corrected chi connectivity index (χ1v) is 3.55. The largest absolute Gasteiger partial charge is 0.323 e. The summed E-state index contributed by atoms with van der Waals surface area (Å²) in [4.78, 5) is 0.962. The molecule has 3 heteroatoms. The Balaban J connectivity index is 2.60. The van der Waals surface area contributed by atoms with E-state index in [0.29, 0.717) is 0 Å². The van der Waals surface area contributed by atoms with Crippen LogP contribution in [0.2, 0.25) is 0 Å². The molecule has 0 heterocycles. The summed E-state index contributed by atoms with van der Waals surface area (Å²) in [7, 11) is 0. The lowest BCUT2D eigenvalue weighted by Crippen LogP contribution is -2.18. The Hall–Kier alpha value is -0.440. The monoisotopic (exact) mass is 142 g/mol. The summed E-state index contributed by atoms with van der Waals surface area (Å²) in [5.41, 5.74) is 0.941. The summed E-state index contributed by atoms with van der Waals surface area (Å²) in [5.74, 6) is 5.09. The highest BCUT2D eigenvalue weighted by Gasteiger charge is 2.11. The van der Waals surface area contributed by atoms with Crippen LogP contribution in [-0.4, -0.2) is 10.6 Å². The average Bonchev–Trinajstić information content (AvgIpc) is 1.89. The Morgan fingerprint density at radius 2 is 2.00 bits per heavy atom. The zero-order valence-corrected chi connectivity index (χ0v) is 6.08. The minimum atomic E-state index is 0.941. The first-order valence-electron chi connectivity index (χ1n) is 3.14. The van der Waals surface area contributed by atoms with Gasteiger partial charge in [-0.25, -0.2) is 0 Å². The van der Waals surface area contributed by atoms with Crippen molar-refractivity contribution in [3.8, 4) is 0 Å². The van der Waals surface area contributed by atoms with Crippen LogP contribution in [0.3, 0.4) is 0 Å². The molecule has 1 aliphatic carbocycles. The molecule has 1 saturated carbocycles. The van der Waals surface area contributed by atoms with Crippen molar-refractivity contribution < 1.29 is 0 Å². The summed E-state index contributed by atoms with van der Waals surface area (Å²) in [6.07, 6.45) is 4.38. The Bertz CT molecular complexity index is 151. The molecule has 9 heavy (non-hydrogen) atoms. The van der Waals surface area contributed by atoms with Crippen LogP contribution in [0.15, 0.2) is 5.10 Å². The van der Waals surface area contributed by atoms with E-state index in [1.165, 1.54) is 12.8 Å². The van der Waals surface area contributed by atoms with Gasteiger partial charge in [-0.05, 0) is 25.7 Å².